The van der Waals surface area contributed by atoms with Crippen molar-refractivity contribution in [1.82, 2.24) is 0 Å². The second kappa shape index (κ2) is 7.90. The predicted molar refractivity (Wildman–Crippen MR) is 79.9 cm³/mol. The molecule has 1 aromatic carbocycles. The average molecular weight is 279 g/mol. The van der Waals surface area contributed by atoms with E-state index in [0.29, 0.717) is 13.0 Å². The molecule has 112 valence electrons. The van der Waals surface area contributed by atoms with Crippen LogP contribution in [0.4, 0.5) is 0 Å². The number of hydrogen-bond acceptors (Lipinski definition) is 4. The van der Waals surface area contributed by atoms with Crippen LogP contribution in [0.2, 0.25) is 0 Å². The van der Waals surface area contributed by atoms with Gasteiger partial charge in [-0.1, -0.05) is 19.1 Å². The highest BCUT2D eigenvalue weighted by Crippen LogP contribution is 2.34. The number of carbonyl (C=O) groups excluding carboxylic acids is 1. The molecule has 0 aromatic heterocycles. The molecule has 4 nitrogen and oxygen atoms in total. The van der Waals surface area contributed by atoms with Gasteiger partial charge in [-0.25, -0.2) is 0 Å². The van der Waals surface area contributed by atoms with Crippen molar-refractivity contribution in [3.63, 3.8) is 0 Å². The molecule has 0 spiro atoms. The van der Waals surface area contributed by atoms with Crippen LogP contribution in [0.5, 0.6) is 5.75 Å². The zero-order valence-electron chi connectivity index (χ0n) is 12.6. The van der Waals surface area contributed by atoms with Crippen molar-refractivity contribution in [2.45, 2.75) is 38.0 Å². The Balaban J connectivity index is 2.86. The minimum absolute atomic E-state index is 0.109. The third-order valence-electron chi connectivity index (χ3n) is 4.01. The lowest BCUT2D eigenvalue weighted by molar-refractivity contribution is -0.140. The fraction of sp³-hybridized carbons (Fsp3) is 0.562. The van der Waals surface area contributed by atoms with Crippen LogP contribution in [0.3, 0.4) is 0 Å². The lowest BCUT2D eigenvalue weighted by Crippen LogP contribution is -2.34. The standard InChI is InChI=1S/C16H25NO3/c1-4-16(12-17,10-6-9-15(18)20-3)13-7-5-8-14(11-13)19-2/h5,7-8,11H,4,6,9-10,12,17H2,1-3H3. The summed E-state index contributed by atoms with van der Waals surface area (Å²) in [6, 6.07) is 8.02. The molecule has 0 aliphatic heterocycles. The van der Waals surface area contributed by atoms with Crippen LogP contribution in [0, 0.1) is 0 Å². The first-order valence-corrected chi connectivity index (χ1v) is 7.03. The van der Waals surface area contributed by atoms with Crippen LogP contribution in [0.25, 0.3) is 0 Å². The Morgan fingerprint density at radius 1 is 1.35 bits per heavy atom. The molecule has 0 radical (unpaired) electrons. The summed E-state index contributed by atoms with van der Waals surface area (Å²) in [5.74, 6) is 0.666. The third kappa shape index (κ3) is 3.97. The van der Waals surface area contributed by atoms with E-state index in [1.807, 2.05) is 18.2 Å². The molecule has 4 heteroatoms. The van der Waals surface area contributed by atoms with Gasteiger partial charge in [-0.3, -0.25) is 4.79 Å². The molecule has 0 heterocycles. The quantitative estimate of drug-likeness (QED) is 0.743. The van der Waals surface area contributed by atoms with Crippen molar-refractivity contribution in [1.29, 1.82) is 0 Å². The summed E-state index contributed by atoms with van der Waals surface area (Å²) < 4.78 is 9.97. The molecule has 0 aliphatic rings. The van der Waals surface area contributed by atoms with Gasteiger partial charge in [0.2, 0.25) is 0 Å². The summed E-state index contributed by atoms with van der Waals surface area (Å²) in [4.78, 5) is 11.2. The van der Waals surface area contributed by atoms with Gasteiger partial charge in [-0.2, -0.15) is 0 Å². The van der Waals surface area contributed by atoms with E-state index in [2.05, 4.69) is 17.7 Å². The van der Waals surface area contributed by atoms with E-state index >= 15 is 0 Å². The van der Waals surface area contributed by atoms with Crippen molar-refractivity contribution in [2.24, 2.45) is 5.73 Å². The number of benzene rings is 1. The predicted octanol–water partition coefficient (Wildman–Crippen LogP) is 2.65. The zero-order valence-corrected chi connectivity index (χ0v) is 12.6. The van der Waals surface area contributed by atoms with Crippen LogP contribution >= 0.6 is 0 Å². The van der Waals surface area contributed by atoms with Crippen LogP contribution in [0.15, 0.2) is 24.3 Å². The molecular weight excluding hydrogens is 254 g/mol. The summed E-state index contributed by atoms with van der Waals surface area (Å²) >= 11 is 0. The number of rotatable bonds is 8. The molecule has 0 amide bonds. The van der Waals surface area contributed by atoms with E-state index in [-0.39, 0.29) is 11.4 Å². The van der Waals surface area contributed by atoms with Gasteiger partial charge in [0.15, 0.2) is 0 Å². The lowest BCUT2D eigenvalue weighted by Gasteiger charge is -2.32. The van der Waals surface area contributed by atoms with E-state index in [1.165, 1.54) is 12.7 Å². The highest BCUT2D eigenvalue weighted by atomic mass is 16.5. The minimum Gasteiger partial charge on any atom is -0.497 e. The highest BCUT2D eigenvalue weighted by Gasteiger charge is 2.29. The highest BCUT2D eigenvalue weighted by molar-refractivity contribution is 5.69. The Labute approximate surface area is 121 Å². The maximum absolute atomic E-state index is 11.2. The first-order valence-electron chi connectivity index (χ1n) is 7.03. The summed E-state index contributed by atoms with van der Waals surface area (Å²) in [5, 5.41) is 0. The van der Waals surface area contributed by atoms with Crippen molar-refractivity contribution < 1.29 is 14.3 Å². The van der Waals surface area contributed by atoms with Gasteiger partial charge in [-0.05, 0) is 37.0 Å². The van der Waals surface area contributed by atoms with Gasteiger partial charge >= 0.3 is 5.97 Å². The molecular formula is C16H25NO3. The van der Waals surface area contributed by atoms with Gasteiger partial charge in [0.05, 0.1) is 14.2 Å². The van der Waals surface area contributed by atoms with Gasteiger partial charge in [0.1, 0.15) is 5.75 Å². The van der Waals surface area contributed by atoms with Crippen LogP contribution in [-0.2, 0) is 14.9 Å². The van der Waals surface area contributed by atoms with Crippen LogP contribution in [-0.4, -0.2) is 26.7 Å². The van der Waals surface area contributed by atoms with Crippen molar-refractivity contribution in [3.8, 4) is 5.75 Å². The number of carbonyl (C=O) groups is 1. The second-order valence-electron chi connectivity index (χ2n) is 5.00. The molecule has 1 rings (SSSR count). The zero-order chi connectivity index (χ0) is 15.0. The van der Waals surface area contributed by atoms with Gasteiger partial charge in [-0.15, -0.1) is 0 Å². The smallest absolute Gasteiger partial charge is 0.305 e. The molecule has 0 saturated carbocycles. The molecule has 20 heavy (non-hydrogen) atoms. The Kier molecular flexibility index (Phi) is 6.52. The first kappa shape index (κ1) is 16.5. The van der Waals surface area contributed by atoms with E-state index in [1.54, 1.807) is 7.11 Å². The fourth-order valence-electron chi connectivity index (χ4n) is 2.52. The summed E-state index contributed by atoms with van der Waals surface area (Å²) in [7, 11) is 3.08. The molecule has 2 N–H and O–H groups in total. The molecule has 1 atom stereocenters. The number of ether oxygens (including phenoxy) is 2. The Bertz CT molecular complexity index is 427. The van der Waals surface area contributed by atoms with E-state index in [9.17, 15) is 4.79 Å². The fourth-order valence-corrected chi connectivity index (χ4v) is 2.52. The Hall–Kier alpha value is -1.55. The third-order valence-corrected chi connectivity index (χ3v) is 4.01. The van der Waals surface area contributed by atoms with Crippen LogP contribution in [0.1, 0.15) is 38.2 Å². The average Bonchev–Trinajstić information content (AvgIpc) is 2.51. The van der Waals surface area contributed by atoms with Crippen LogP contribution < -0.4 is 10.5 Å². The summed E-state index contributed by atoms with van der Waals surface area (Å²) in [5.41, 5.74) is 7.10. The molecule has 0 saturated heterocycles. The minimum atomic E-state index is -0.169. The monoisotopic (exact) mass is 279 g/mol. The lowest BCUT2D eigenvalue weighted by atomic mass is 9.74. The molecule has 1 aromatic rings. The number of nitrogens with two attached hydrogens (primary N) is 1. The molecule has 1 unspecified atom stereocenters. The van der Waals surface area contributed by atoms with E-state index < -0.39 is 0 Å². The molecule has 0 aliphatic carbocycles. The van der Waals surface area contributed by atoms with Crippen molar-refractivity contribution >= 4 is 5.97 Å². The normalized spacial score (nSPS) is 13.6. The number of methoxy groups -OCH3 is 2. The van der Waals surface area contributed by atoms with Gasteiger partial charge < -0.3 is 15.2 Å². The van der Waals surface area contributed by atoms with E-state index in [4.69, 9.17) is 10.5 Å². The number of esters is 1. The molecule has 0 fully saturated rings. The number of hydrogen-bond donors (Lipinski definition) is 1. The Morgan fingerprint density at radius 3 is 2.65 bits per heavy atom. The Morgan fingerprint density at radius 2 is 2.10 bits per heavy atom. The second-order valence-corrected chi connectivity index (χ2v) is 5.00. The molecule has 0 bridgehead atoms. The maximum atomic E-state index is 11.2. The maximum Gasteiger partial charge on any atom is 0.305 e. The van der Waals surface area contributed by atoms with Gasteiger partial charge in [0.25, 0.3) is 0 Å². The largest absolute Gasteiger partial charge is 0.497 e. The summed E-state index contributed by atoms with van der Waals surface area (Å²) in [6.07, 6.45) is 3.00. The van der Waals surface area contributed by atoms with Crippen molar-refractivity contribution in [2.75, 3.05) is 20.8 Å². The van der Waals surface area contributed by atoms with Gasteiger partial charge in [0, 0.05) is 18.4 Å². The van der Waals surface area contributed by atoms with E-state index in [0.717, 1.165) is 25.0 Å². The van der Waals surface area contributed by atoms with Crippen molar-refractivity contribution in [3.05, 3.63) is 29.8 Å². The SMILES string of the molecule is CCC(CN)(CCCC(=O)OC)c1cccc(OC)c1. The summed E-state index contributed by atoms with van der Waals surface area (Å²) in [6.45, 7) is 2.68. The topological polar surface area (TPSA) is 61.6 Å². The first-order chi connectivity index (χ1) is 9.61.